The van der Waals surface area contributed by atoms with E-state index in [0.29, 0.717) is 29.8 Å². The first kappa shape index (κ1) is 16.0. The molecule has 1 aromatic rings. The lowest BCUT2D eigenvalue weighted by Crippen LogP contribution is -2.47. The molecule has 0 bridgehead atoms. The van der Waals surface area contributed by atoms with E-state index in [1.165, 1.54) is 6.07 Å². The van der Waals surface area contributed by atoms with Gasteiger partial charge in [-0.3, -0.25) is 4.79 Å². The summed E-state index contributed by atoms with van der Waals surface area (Å²) in [4.78, 5) is 35.1. The molecule has 0 saturated carbocycles. The maximum absolute atomic E-state index is 12.2. The standard InChI is InChI=1S/C15H19N3O4/c1-3-15(13(21)18(16)14(22)17-15)8-7-10-9(2)5-4-6-11(10)12(19)20/h4-6H,3,7-8,16H2,1-2H3,(H,17,22)(H,19,20). The summed E-state index contributed by atoms with van der Waals surface area (Å²) in [5.41, 5.74) is 0.657. The first-order valence-electron chi connectivity index (χ1n) is 7.05. The molecule has 4 N–H and O–H groups in total. The average Bonchev–Trinajstić information content (AvgIpc) is 2.70. The van der Waals surface area contributed by atoms with Gasteiger partial charge in [0.2, 0.25) is 0 Å². The fourth-order valence-corrected chi connectivity index (χ4v) is 2.80. The van der Waals surface area contributed by atoms with Crippen LogP contribution in [0.15, 0.2) is 18.2 Å². The highest BCUT2D eigenvalue weighted by atomic mass is 16.4. The number of nitrogens with two attached hydrogens (primary N) is 1. The normalized spacial score (nSPS) is 21.1. The van der Waals surface area contributed by atoms with Gasteiger partial charge in [-0.25, -0.2) is 15.4 Å². The SMILES string of the molecule is CCC1(CCc2c(C)cccc2C(=O)O)NC(=O)N(N)C1=O. The molecule has 1 fully saturated rings. The van der Waals surface area contributed by atoms with E-state index in [0.717, 1.165) is 5.56 Å². The summed E-state index contributed by atoms with van der Waals surface area (Å²) in [6, 6.07) is 4.41. The number of carboxylic acid groups (broad SMARTS) is 1. The monoisotopic (exact) mass is 305 g/mol. The van der Waals surface area contributed by atoms with Gasteiger partial charge in [0.15, 0.2) is 0 Å². The first-order valence-corrected chi connectivity index (χ1v) is 7.05. The van der Waals surface area contributed by atoms with Crippen molar-refractivity contribution in [3.63, 3.8) is 0 Å². The molecule has 0 radical (unpaired) electrons. The van der Waals surface area contributed by atoms with Crippen molar-refractivity contribution in [3.05, 3.63) is 34.9 Å². The Balaban J connectivity index is 2.28. The lowest BCUT2D eigenvalue weighted by atomic mass is 9.86. The molecule has 1 saturated heterocycles. The second-order valence-corrected chi connectivity index (χ2v) is 5.45. The predicted molar refractivity (Wildman–Crippen MR) is 79.0 cm³/mol. The summed E-state index contributed by atoms with van der Waals surface area (Å²) in [7, 11) is 0. The van der Waals surface area contributed by atoms with Crippen LogP contribution in [0.25, 0.3) is 0 Å². The molecule has 0 aromatic heterocycles. The van der Waals surface area contributed by atoms with Crippen molar-refractivity contribution in [1.29, 1.82) is 0 Å². The van der Waals surface area contributed by atoms with Gasteiger partial charge in [-0.1, -0.05) is 19.1 Å². The fourth-order valence-electron chi connectivity index (χ4n) is 2.80. The molecule has 1 aliphatic rings. The Morgan fingerprint density at radius 3 is 2.59 bits per heavy atom. The van der Waals surface area contributed by atoms with Crippen LogP contribution in [-0.4, -0.2) is 33.6 Å². The van der Waals surface area contributed by atoms with Gasteiger partial charge in [0, 0.05) is 0 Å². The van der Waals surface area contributed by atoms with Crippen molar-refractivity contribution in [2.24, 2.45) is 5.84 Å². The number of carbonyl (C=O) groups is 3. The van der Waals surface area contributed by atoms with Crippen LogP contribution in [0, 0.1) is 6.92 Å². The molecule has 118 valence electrons. The molecule has 7 nitrogen and oxygen atoms in total. The van der Waals surface area contributed by atoms with E-state index in [-0.39, 0.29) is 5.56 Å². The number of carboxylic acids is 1. The van der Waals surface area contributed by atoms with Crippen LogP contribution >= 0.6 is 0 Å². The van der Waals surface area contributed by atoms with E-state index >= 15 is 0 Å². The Morgan fingerprint density at radius 1 is 1.41 bits per heavy atom. The summed E-state index contributed by atoms with van der Waals surface area (Å²) in [5, 5.41) is 12.5. The first-order chi connectivity index (χ1) is 10.3. The van der Waals surface area contributed by atoms with Crippen molar-refractivity contribution in [2.45, 2.75) is 38.6 Å². The lowest BCUT2D eigenvalue weighted by molar-refractivity contribution is -0.131. The molecular weight excluding hydrogens is 286 g/mol. The Hall–Kier alpha value is -2.41. The van der Waals surface area contributed by atoms with Crippen LogP contribution in [0.1, 0.15) is 41.3 Å². The number of hydrogen-bond donors (Lipinski definition) is 3. The van der Waals surface area contributed by atoms with Gasteiger partial charge < -0.3 is 10.4 Å². The zero-order chi connectivity index (χ0) is 16.5. The van der Waals surface area contributed by atoms with Gasteiger partial charge in [0.1, 0.15) is 5.54 Å². The van der Waals surface area contributed by atoms with Crippen molar-refractivity contribution >= 4 is 17.9 Å². The zero-order valence-corrected chi connectivity index (χ0v) is 12.5. The molecule has 1 atom stereocenters. The molecule has 1 aromatic carbocycles. The van der Waals surface area contributed by atoms with Crippen LogP contribution < -0.4 is 11.2 Å². The third-order valence-corrected chi connectivity index (χ3v) is 4.24. The second kappa shape index (κ2) is 5.76. The largest absolute Gasteiger partial charge is 0.478 e. The van der Waals surface area contributed by atoms with Gasteiger partial charge in [0.05, 0.1) is 5.56 Å². The molecule has 1 heterocycles. The minimum Gasteiger partial charge on any atom is -0.478 e. The Bertz CT molecular complexity index is 644. The van der Waals surface area contributed by atoms with Crippen molar-refractivity contribution in [3.8, 4) is 0 Å². The smallest absolute Gasteiger partial charge is 0.339 e. The maximum Gasteiger partial charge on any atom is 0.339 e. The van der Waals surface area contributed by atoms with Crippen molar-refractivity contribution in [2.75, 3.05) is 0 Å². The number of imide groups is 1. The molecule has 7 heteroatoms. The summed E-state index contributed by atoms with van der Waals surface area (Å²) < 4.78 is 0. The maximum atomic E-state index is 12.2. The number of carbonyl (C=O) groups excluding carboxylic acids is 2. The number of aromatic carboxylic acids is 1. The van der Waals surface area contributed by atoms with E-state index in [1.807, 2.05) is 13.0 Å². The van der Waals surface area contributed by atoms with Crippen molar-refractivity contribution in [1.82, 2.24) is 10.3 Å². The van der Waals surface area contributed by atoms with Crippen LogP contribution in [0.4, 0.5) is 4.79 Å². The highest BCUT2D eigenvalue weighted by Crippen LogP contribution is 2.27. The number of urea groups is 1. The molecule has 0 spiro atoms. The van der Waals surface area contributed by atoms with E-state index in [9.17, 15) is 19.5 Å². The molecule has 0 aliphatic carbocycles. The Labute approximate surface area is 128 Å². The minimum absolute atomic E-state index is 0.215. The molecule has 1 aliphatic heterocycles. The van der Waals surface area contributed by atoms with Crippen LogP contribution in [0.3, 0.4) is 0 Å². The molecular formula is C15H19N3O4. The van der Waals surface area contributed by atoms with E-state index < -0.39 is 23.4 Å². The van der Waals surface area contributed by atoms with E-state index in [4.69, 9.17) is 5.84 Å². The average molecular weight is 305 g/mol. The summed E-state index contributed by atoms with van der Waals surface area (Å²) in [6.45, 7) is 3.61. The lowest BCUT2D eigenvalue weighted by Gasteiger charge is -2.25. The highest BCUT2D eigenvalue weighted by molar-refractivity contribution is 6.06. The zero-order valence-electron chi connectivity index (χ0n) is 12.5. The number of hydrogen-bond acceptors (Lipinski definition) is 4. The third kappa shape index (κ3) is 2.55. The number of rotatable bonds is 5. The number of nitrogens with one attached hydrogen (secondary N) is 1. The van der Waals surface area contributed by atoms with Gasteiger partial charge in [-0.2, -0.15) is 5.01 Å². The summed E-state index contributed by atoms with van der Waals surface area (Å²) in [5.74, 6) is 3.94. The van der Waals surface area contributed by atoms with Crippen molar-refractivity contribution < 1.29 is 19.5 Å². The van der Waals surface area contributed by atoms with Crippen LogP contribution in [-0.2, 0) is 11.2 Å². The predicted octanol–water partition coefficient (Wildman–Crippen LogP) is 1.20. The second-order valence-electron chi connectivity index (χ2n) is 5.45. The van der Waals surface area contributed by atoms with Gasteiger partial charge in [-0.15, -0.1) is 0 Å². The number of aryl methyl sites for hydroxylation is 1. The summed E-state index contributed by atoms with van der Waals surface area (Å²) in [6.07, 6.45) is 1.05. The third-order valence-electron chi connectivity index (χ3n) is 4.24. The summed E-state index contributed by atoms with van der Waals surface area (Å²) >= 11 is 0. The quantitative estimate of drug-likeness (QED) is 0.430. The number of hydrazine groups is 1. The molecule has 22 heavy (non-hydrogen) atoms. The van der Waals surface area contributed by atoms with Gasteiger partial charge in [-0.05, 0) is 43.4 Å². The molecule has 1 unspecified atom stereocenters. The Kier molecular flexibility index (Phi) is 4.18. The minimum atomic E-state index is -1.07. The topological polar surface area (TPSA) is 113 Å². The Morgan fingerprint density at radius 2 is 2.09 bits per heavy atom. The molecule has 3 amide bonds. The fraction of sp³-hybridized carbons (Fsp3) is 0.400. The van der Waals surface area contributed by atoms with E-state index in [2.05, 4.69) is 5.32 Å². The van der Waals surface area contributed by atoms with Gasteiger partial charge >= 0.3 is 12.0 Å². The number of amides is 3. The van der Waals surface area contributed by atoms with Crippen LogP contribution in [0.2, 0.25) is 0 Å². The van der Waals surface area contributed by atoms with E-state index in [1.54, 1.807) is 13.0 Å². The number of benzene rings is 1. The van der Waals surface area contributed by atoms with Crippen LogP contribution in [0.5, 0.6) is 0 Å². The number of nitrogens with zero attached hydrogens (tertiary/aromatic N) is 1. The highest BCUT2D eigenvalue weighted by Gasteiger charge is 2.48. The van der Waals surface area contributed by atoms with Gasteiger partial charge in [0.25, 0.3) is 5.91 Å². The molecule has 2 rings (SSSR count).